The molecule has 0 fully saturated rings. The summed E-state index contributed by atoms with van der Waals surface area (Å²) < 4.78 is 0.860. The van der Waals surface area contributed by atoms with E-state index in [0.29, 0.717) is 11.4 Å². The zero-order valence-corrected chi connectivity index (χ0v) is 15.1. The van der Waals surface area contributed by atoms with E-state index in [9.17, 15) is 19.8 Å². The third-order valence-electron chi connectivity index (χ3n) is 3.82. The summed E-state index contributed by atoms with van der Waals surface area (Å²) in [5, 5.41) is 19.3. The van der Waals surface area contributed by atoms with Crippen LogP contribution in [0.2, 0.25) is 0 Å². The average Bonchev–Trinajstić information content (AvgIpc) is 2.64. The molecule has 5 nitrogen and oxygen atoms in total. The highest BCUT2D eigenvalue weighted by Crippen LogP contribution is 2.39. The predicted molar refractivity (Wildman–Crippen MR) is 103 cm³/mol. The molecule has 0 bridgehead atoms. The minimum absolute atomic E-state index is 0.0864. The lowest BCUT2D eigenvalue weighted by Crippen LogP contribution is -2.18. The summed E-state index contributed by atoms with van der Waals surface area (Å²) in [6.45, 7) is 0. The Balaban J connectivity index is 2.34. The molecule has 0 atom stereocenters. The van der Waals surface area contributed by atoms with Crippen molar-refractivity contribution < 1.29 is 19.8 Å². The number of rotatable bonds is 5. The zero-order valence-electron chi connectivity index (χ0n) is 13.5. The molecule has 0 radical (unpaired) electrons. The van der Waals surface area contributed by atoms with Gasteiger partial charge in [0.1, 0.15) is 0 Å². The number of halogens is 1. The molecule has 3 aromatic rings. The predicted octanol–water partition coefficient (Wildman–Crippen LogP) is 5.32. The van der Waals surface area contributed by atoms with Crippen molar-refractivity contribution in [1.82, 2.24) is 0 Å². The second-order valence-corrected chi connectivity index (χ2v) is 6.38. The maximum Gasteiger partial charge on any atom is 0.337 e. The van der Waals surface area contributed by atoms with Gasteiger partial charge in [-0.2, -0.15) is 0 Å². The molecule has 2 N–H and O–H groups in total. The Morgan fingerprint density at radius 2 is 1.19 bits per heavy atom. The van der Waals surface area contributed by atoms with E-state index in [-0.39, 0.29) is 16.8 Å². The highest BCUT2D eigenvalue weighted by atomic mass is 79.9. The second kappa shape index (κ2) is 7.41. The normalized spacial score (nSPS) is 10.3. The molecule has 0 heterocycles. The summed E-state index contributed by atoms with van der Waals surface area (Å²) in [5.74, 6) is -2.39. The molecule has 0 spiro atoms. The lowest BCUT2D eigenvalue weighted by atomic mass is 10.0. The van der Waals surface area contributed by atoms with Crippen LogP contribution in [0.4, 0.5) is 17.1 Å². The maximum absolute atomic E-state index is 11.8. The van der Waals surface area contributed by atoms with Gasteiger partial charge in [-0.15, -0.1) is 0 Å². The van der Waals surface area contributed by atoms with Crippen LogP contribution >= 0.6 is 15.9 Å². The fraction of sp³-hybridized carbons (Fsp3) is 0. The third kappa shape index (κ3) is 3.45. The number of para-hydroxylation sites is 2. The summed E-state index contributed by atoms with van der Waals surface area (Å²) >= 11 is 3.38. The number of carbonyl (C=O) groups is 2. The van der Waals surface area contributed by atoms with Crippen LogP contribution in [-0.4, -0.2) is 22.2 Å². The van der Waals surface area contributed by atoms with Crippen LogP contribution in [-0.2, 0) is 0 Å². The Morgan fingerprint density at radius 1 is 0.692 bits per heavy atom. The second-order valence-electron chi connectivity index (χ2n) is 5.46. The lowest BCUT2D eigenvalue weighted by Gasteiger charge is -2.28. The van der Waals surface area contributed by atoms with Crippen LogP contribution in [0.25, 0.3) is 0 Å². The molecule has 0 aliphatic carbocycles. The Bertz CT molecular complexity index is 923. The van der Waals surface area contributed by atoms with Gasteiger partial charge in [0.15, 0.2) is 0 Å². The highest BCUT2D eigenvalue weighted by Gasteiger charge is 2.25. The average molecular weight is 412 g/mol. The summed E-state index contributed by atoms with van der Waals surface area (Å²) in [6.07, 6.45) is 0. The van der Waals surface area contributed by atoms with E-state index in [1.54, 1.807) is 29.2 Å². The fourth-order valence-corrected chi connectivity index (χ4v) is 2.97. The number of carboxylic acid groups (broad SMARTS) is 2. The van der Waals surface area contributed by atoms with Gasteiger partial charge in [0, 0.05) is 15.8 Å². The lowest BCUT2D eigenvalue weighted by molar-refractivity contribution is 0.0696. The third-order valence-corrected chi connectivity index (χ3v) is 4.35. The Kier molecular flexibility index (Phi) is 5.04. The van der Waals surface area contributed by atoms with Crippen molar-refractivity contribution in [3.05, 3.63) is 88.4 Å². The van der Waals surface area contributed by atoms with Crippen LogP contribution < -0.4 is 4.90 Å². The van der Waals surface area contributed by atoms with Crippen molar-refractivity contribution in [3.63, 3.8) is 0 Å². The summed E-state index contributed by atoms with van der Waals surface area (Å²) in [4.78, 5) is 25.2. The summed E-state index contributed by atoms with van der Waals surface area (Å²) in [5.41, 5.74) is 1.25. The van der Waals surface area contributed by atoms with Gasteiger partial charge in [0.25, 0.3) is 0 Å². The molecule has 0 aromatic heterocycles. The summed E-state index contributed by atoms with van der Waals surface area (Å²) in [6, 6.07) is 20.5. The first kappa shape index (κ1) is 17.7. The van der Waals surface area contributed by atoms with Crippen molar-refractivity contribution in [1.29, 1.82) is 0 Å². The van der Waals surface area contributed by atoms with Crippen molar-refractivity contribution in [2.75, 3.05) is 4.90 Å². The topological polar surface area (TPSA) is 77.8 Å². The molecule has 0 saturated heterocycles. The molecule has 0 amide bonds. The van der Waals surface area contributed by atoms with Gasteiger partial charge in [-0.1, -0.05) is 40.2 Å². The monoisotopic (exact) mass is 411 g/mol. The first-order valence-electron chi connectivity index (χ1n) is 7.69. The van der Waals surface area contributed by atoms with Crippen molar-refractivity contribution in [3.8, 4) is 0 Å². The molecule has 6 heteroatoms. The van der Waals surface area contributed by atoms with E-state index in [2.05, 4.69) is 15.9 Å². The van der Waals surface area contributed by atoms with E-state index in [0.717, 1.165) is 4.47 Å². The van der Waals surface area contributed by atoms with Gasteiger partial charge in [0.05, 0.1) is 16.8 Å². The molecule has 130 valence electrons. The van der Waals surface area contributed by atoms with Gasteiger partial charge in [-0.25, -0.2) is 9.59 Å². The van der Waals surface area contributed by atoms with Crippen LogP contribution in [0, 0.1) is 0 Å². The standard InChI is InChI=1S/C20H14BrNO4/c21-13-9-11-15(12-10-13)22(14-5-2-1-3-6-14)18-16(19(23)24)7-4-8-17(18)20(25)26/h1-12H,(H,23,24)(H,25,26). The van der Waals surface area contributed by atoms with Gasteiger partial charge < -0.3 is 15.1 Å². The Labute approximate surface area is 158 Å². The Morgan fingerprint density at radius 3 is 1.69 bits per heavy atom. The van der Waals surface area contributed by atoms with Gasteiger partial charge in [-0.3, -0.25) is 0 Å². The molecule has 26 heavy (non-hydrogen) atoms. The molecule has 0 saturated carbocycles. The van der Waals surface area contributed by atoms with Gasteiger partial charge in [-0.05, 0) is 48.5 Å². The first-order chi connectivity index (χ1) is 12.5. The van der Waals surface area contributed by atoms with Crippen molar-refractivity contribution >= 4 is 44.9 Å². The van der Waals surface area contributed by atoms with Crippen molar-refractivity contribution in [2.24, 2.45) is 0 Å². The maximum atomic E-state index is 11.8. The van der Waals surface area contributed by atoms with E-state index < -0.39 is 11.9 Å². The molecule has 0 aliphatic heterocycles. The zero-order chi connectivity index (χ0) is 18.7. The van der Waals surface area contributed by atoms with E-state index >= 15 is 0 Å². The number of anilines is 3. The minimum atomic E-state index is -1.19. The van der Waals surface area contributed by atoms with E-state index in [1.807, 2.05) is 30.3 Å². The molecular weight excluding hydrogens is 398 g/mol. The molecular formula is C20H14BrNO4. The van der Waals surface area contributed by atoms with Crippen molar-refractivity contribution in [2.45, 2.75) is 0 Å². The van der Waals surface area contributed by atoms with Gasteiger partial charge in [0.2, 0.25) is 0 Å². The number of hydrogen-bond acceptors (Lipinski definition) is 3. The number of aromatic carboxylic acids is 2. The highest BCUT2D eigenvalue weighted by molar-refractivity contribution is 9.10. The number of hydrogen-bond donors (Lipinski definition) is 2. The Hall–Kier alpha value is -3.12. The van der Waals surface area contributed by atoms with Crippen LogP contribution in [0.5, 0.6) is 0 Å². The van der Waals surface area contributed by atoms with Crippen LogP contribution in [0.1, 0.15) is 20.7 Å². The van der Waals surface area contributed by atoms with E-state index in [4.69, 9.17) is 0 Å². The van der Waals surface area contributed by atoms with E-state index in [1.165, 1.54) is 18.2 Å². The molecule has 0 aliphatic rings. The minimum Gasteiger partial charge on any atom is -0.478 e. The molecule has 0 unspecified atom stereocenters. The SMILES string of the molecule is O=C(O)c1cccc(C(=O)O)c1N(c1ccccc1)c1ccc(Br)cc1. The molecule has 3 rings (SSSR count). The largest absolute Gasteiger partial charge is 0.478 e. The molecule has 3 aromatic carbocycles. The summed E-state index contributed by atoms with van der Waals surface area (Å²) in [7, 11) is 0. The number of benzene rings is 3. The number of carboxylic acids is 2. The van der Waals surface area contributed by atoms with Crippen LogP contribution in [0.3, 0.4) is 0 Å². The van der Waals surface area contributed by atoms with Gasteiger partial charge >= 0.3 is 11.9 Å². The smallest absolute Gasteiger partial charge is 0.337 e. The number of nitrogens with zero attached hydrogens (tertiary/aromatic N) is 1. The quantitative estimate of drug-likeness (QED) is 0.594. The fourth-order valence-electron chi connectivity index (χ4n) is 2.70. The van der Waals surface area contributed by atoms with Crippen LogP contribution in [0.15, 0.2) is 77.3 Å². The first-order valence-corrected chi connectivity index (χ1v) is 8.48.